The third kappa shape index (κ3) is 2.82. The first kappa shape index (κ1) is 15.6. The minimum absolute atomic E-state index is 0.0896. The minimum atomic E-state index is -0.799. The highest BCUT2D eigenvalue weighted by atomic mass is 32.1. The van der Waals surface area contributed by atoms with Gasteiger partial charge in [-0.2, -0.15) is 0 Å². The van der Waals surface area contributed by atoms with E-state index in [-0.39, 0.29) is 16.0 Å². The molecule has 0 saturated heterocycles. The predicted molar refractivity (Wildman–Crippen MR) is 81.1 cm³/mol. The SMILES string of the molecule is COc1ccc([N+]2=NOC(=O)/C2=C/c2c([O-])[nH]c(=S)[nH]c2=O)cc1. The predicted octanol–water partition coefficient (Wildman–Crippen LogP) is 1.12. The van der Waals surface area contributed by atoms with E-state index in [4.69, 9.17) is 17.0 Å². The Balaban J connectivity index is 2.08. The highest BCUT2D eigenvalue weighted by Crippen LogP contribution is 2.26. The molecule has 2 aromatic rings. The van der Waals surface area contributed by atoms with E-state index < -0.39 is 17.4 Å². The largest absolute Gasteiger partial charge is 0.860 e. The number of hydrogen-bond acceptors (Lipinski definition) is 7. The van der Waals surface area contributed by atoms with Crippen LogP contribution in [0.5, 0.6) is 11.6 Å². The van der Waals surface area contributed by atoms with Gasteiger partial charge in [0.15, 0.2) is 4.77 Å². The molecule has 0 bridgehead atoms. The van der Waals surface area contributed by atoms with Crippen molar-refractivity contribution in [2.45, 2.75) is 0 Å². The summed E-state index contributed by atoms with van der Waals surface area (Å²) in [5, 5.41) is 15.5. The Morgan fingerprint density at radius 3 is 2.62 bits per heavy atom. The summed E-state index contributed by atoms with van der Waals surface area (Å²) in [5.41, 5.74) is -0.606. The number of H-pyrrole nitrogens is 2. The minimum Gasteiger partial charge on any atom is -0.860 e. The number of nitrogens with zero attached hydrogens (tertiary/aromatic N) is 2. The summed E-state index contributed by atoms with van der Waals surface area (Å²) in [6.45, 7) is 0. The Bertz CT molecular complexity index is 987. The molecule has 24 heavy (non-hydrogen) atoms. The van der Waals surface area contributed by atoms with Gasteiger partial charge in [0.25, 0.3) is 5.56 Å². The molecule has 0 atom stereocenters. The van der Waals surface area contributed by atoms with E-state index in [2.05, 4.69) is 20.1 Å². The van der Waals surface area contributed by atoms with E-state index in [1.54, 1.807) is 24.3 Å². The number of ether oxygens (including phenoxy) is 1. The highest BCUT2D eigenvalue weighted by Gasteiger charge is 2.36. The first-order chi connectivity index (χ1) is 11.5. The number of aromatic nitrogens is 2. The van der Waals surface area contributed by atoms with Crippen LogP contribution in [-0.2, 0) is 9.63 Å². The van der Waals surface area contributed by atoms with Crippen LogP contribution >= 0.6 is 12.2 Å². The van der Waals surface area contributed by atoms with Gasteiger partial charge in [0.05, 0.1) is 12.7 Å². The summed E-state index contributed by atoms with van der Waals surface area (Å²) in [7, 11) is 1.52. The van der Waals surface area contributed by atoms with E-state index in [0.717, 1.165) is 6.08 Å². The van der Waals surface area contributed by atoms with Crippen LogP contribution in [0.25, 0.3) is 6.08 Å². The van der Waals surface area contributed by atoms with Gasteiger partial charge < -0.3 is 14.8 Å². The molecule has 3 rings (SSSR count). The van der Waals surface area contributed by atoms with Crippen LogP contribution in [0, 0.1) is 4.77 Å². The summed E-state index contributed by atoms with van der Waals surface area (Å²) >= 11 is 4.71. The maximum absolute atomic E-state index is 11.9. The van der Waals surface area contributed by atoms with Crippen LogP contribution in [0.3, 0.4) is 0 Å². The van der Waals surface area contributed by atoms with Gasteiger partial charge in [0.1, 0.15) is 5.75 Å². The van der Waals surface area contributed by atoms with E-state index in [0.29, 0.717) is 11.4 Å². The molecule has 2 N–H and O–H groups in total. The molecular weight excluding hydrogens is 336 g/mol. The lowest BCUT2D eigenvalue weighted by Gasteiger charge is -2.07. The van der Waals surface area contributed by atoms with Crippen molar-refractivity contribution in [2.75, 3.05) is 7.11 Å². The lowest BCUT2D eigenvalue weighted by Crippen LogP contribution is -2.16. The molecule has 2 heterocycles. The molecule has 1 aromatic heterocycles. The molecular formula is C14H10N4O5S. The Morgan fingerprint density at radius 1 is 1.29 bits per heavy atom. The molecule has 0 saturated carbocycles. The molecule has 9 nitrogen and oxygen atoms in total. The van der Waals surface area contributed by atoms with Crippen molar-refractivity contribution < 1.29 is 24.2 Å². The smallest absolute Gasteiger partial charge is 0.437 e. The van der Waals surface area contributed by atoms with Gasteiger partial charge in [-0.05, 0) is 34.9 Å². The van der Waals surface area contributed by atoms with Crippen molar-refractivity contribution in [3.05, 3.63) is 50.7 Å². The molecule has 0 spiro atoms. The first-order valence-electron chi connectivity index (χ1n) is 6.61. The van der Waals surface area contributed by atoms with Crippen LogP contribution in [0.15, 0.2) is 40.0 Å². The Morgan fingerprint density at radius 2 is 2.00 bits per heavy atom. The van der Waals surface area contributed by atoms with Gasteiger partial charge in [-0.25, -0.2) is 4.79 Å². The number of nitrogens with one attached hydrogen (secondary N) is 2. The Labute approximate surface area is 139 Å². The fourth-order valence-corrected chi connectivity index (χ4v) is 2.21. The molecule has 10 heteroatoms. The average molecular weight is 346 g/mol. The second-order valence-corrected chi connectivity index (χ2v) is 5.06. The second kappa shape index (κ2) is 6.08. The summed E-state index contributed by atoms with van der Waals surface area (Å²) in [6.07, 6.45) is 1.09. The van der Waals surface area contributed by atoms with E-state index in [1.165, 1.54) is 11.8 Å². The number of aromatic amines is 2. The van der Waals surface area contributed by atoms with Gasteiger partial charge in [0.2, 0.25) is 11.0 Å². The second-order valence-electron chi connectivity index (χ2n) is 4.65. The number of carbonyl (C=O) groups excluding carboxylic acids is 1. The van der Waals surface area contributed by atoms with E-state index >= 15 is 0 Å². The van der Waals surface area contributed by atoms with Crippen molar-refractivity contribution in [1.82, 2.24) is 9.97 Å². The van der Waals surface area contributed by atoms with Crippen molar-refractivity contribution in [3.63, 3.8) is 0 Å². The number of rotatable bonds is 3. The van der Waals surface area contributed by atoms with Gasteiger partial charge in [-0.3, -0.25) is 14.6 Å². The third-order valence-electron chi connectivity index (χ3n) is 3.18. The lowest BCUT2D eigenvalue weighted by molar-refractivity contribution is -0.462. The maximum Gasteiger partial charge on any atom is 0.437 e. The number of benzene rings is 1. The summed E-state index contributed by atoms with van der Waals surface area (Å²) < 4.78 is 6.13. The topological polar surface area (TPSA) is 123 Å². The van der Waals surface area contributed by atoms with Crippen molar-refractivity contribution in [1.29, 1.82) is 0 Å². The zero-order chi connectivity index (χ0) is 17.3. The van der Waals surface area contributed by atoms with E-state index in [9.17, 15) is 14.7 Å². The van der Waals surface area contributed by atoms with E-state index in [1.807, 2.05) is 0 Å². The zero-order valence-electron chi connectivity index (χ0n) is 12.2. The molecule has 0 aliphatic carbocycles. The molecule has 1 aliphatic heterocycles. The van der Waals surface area contributed by atoms with Gasteiger partial charge in [-0.1, -0.05) is 0 Å². The van der Waals surface area contributed by atoms with Crippen LogP contribution in [0.2, 0.25) is 0 Å². The lowest BCUT2D eigenvalue weighted by atomic mass is 10.2. The standard InChI is InChI=1S/C14H10N4O5S/c1-22-8-4-2-7(3-5-8)18-10(13(21)23-17-18)6-9-11(19)15-14(24)16-12(9)20/h2-6H,1H3,(H2-,15,16,17,19,20,21,24). The summed E-state index contributed by atoms with van der Waals surface area (Å²) in [6, 6.07) is 6.60. The Hall–Kier alpha value is -3.27. The van der Waals surface area contributed by atoms with Gasteiger partial charge >= 0.3 is 11.7 Å². The monoisotopic (exact) mass is 346 g/mol. The first-order valence-corrected chi connectivity index (χ1v) is 7.02. The summed E-state index contributed by atoms with van der Waals surface area (Å²) in [5.74, 6) is -0.901. The molecule has 1 aliphatic rings. The molecule has 0 unspecified atom stereocenters. The molecule has 0 fully saturated rings. The Kier molecular flexibility index (Phi) is 3.96. The quantitative estimate of drug-likeness (QED) is 0.488. The van der Waals surface area contributed by atoms with Gasteiger partial charge in [-0.15, -0.1) is 0 Å². The van der Waals surface area contributed by atoms with Crippen LogP contribution in [-0.4, -0.2) is 27.7 Å². The zero-order valence-corrected chi connectivity index (χ0v) is 13.0. The number of hydrogen-bond donors (Lipinski definition) is 2. The normalized spacial score (nSPS) is 15.3. The van der Waals surface area contributed by atoms with Crippen LogP contribution in [0.4, 0.5) is 5.69 Å². The fourth-order valence-electron chi connectivity index (χ4n) is 2.03. The van der Waals surface area contributed by atoms with Crippen LogP contribution < -0.4 is 15.4 Å². The van der Waals surface area contributed by atoms with Gasteiger partial charge in [0, 0.05) is 18.2 Å². The van der Waals surface area contributed by atoms with Crippen molar-refractivity contribution in [2.24, 2.45) is 5.28 Å². The summed E-state index contributed by atoms with van der Waals surface area (Å²) in [4.78, 5) is 32.9. The van der Waals surface area contributed by atoms with Crippen LogP contribution in [0.1, 0.15) is 5.56 Å². The molecule has 0 amide bonds. The highest BCUT2D eigenvalue weighted by molar-refractivity contribution is 7.71. The van der Waals surface area contributed by atoms with Crippen molar-refractivity contribution in [3.8, 4) is 11.6 Å². The maximum atomic E-state index is 11.9. The molecule has 122 valence electrons. The fraction of sp³-hybridized carbons (Fsp3) is 0.0714. The number of methoxy groups -OCH3 is 1. The average Bonchev–Trinajstić information content (AvgIpc) is 2.91. The van der Waals surface area contributed by atoms with Crippen molar-refractivity contribution >= 4 is 30.0 Å². The molecule has 1 aromatic carbocycles. The third-order valence-corrected chi connectivity index (χ3v) is 3.39. The molecule has 0 radical (unpaired) electrons. The number of carbonyl (C=O) groups is 1.